The van der Waals surface area contributed by atoms with Gasteiger partial charge in [-0.15, -0.1) is 17.5 Å². The molecule has 4 saturated heterocycles. The maximum Gasteiger partial charge on any atom is 0.256 e. The van der Waals surface area contributed by atoms with Gasteiger partial charge in [-0.25, -0.2) is 35.8 Å². The molecule has 24 heteroatoms. The highest BCUT2D eigenvalue weighted by Crippen LogP contribution is 2.36. The Morgan fingerprint density at radius 1 is 0.643 bits per heavy atom. The van der Waals surface area contributed by atoms with Crippen LogP contribution in [0.1, 0.15) is 109 Å². The summed E-state index contributed by atoms with van der Waals surface area (Å²) in [6, 6.07) is 14.4. The number of amides is 2. The third kappa shape index (κ3) is 13.1. The fourth-order valence-electron chi connectivity index (χ4n) is 8.35. The number of benzene rings is 2. The van der Waals surface area contributed by atoms with E-state index >= 15 is 0 Å². The van der Waals surface area contributed by atoms with Crippen molar-refractivity contribution in [2.24, 2.45) is 0 Å². The number of rotatable bonds is 9. The molecule has 3 N–H and O–H groups in total. The molecule has 18 nitrogen and oxygen atoms in total. The van der Waals surface area contributed by atoms with Crippen molar-refractivity contribution in [3.05, 3.63) is 110 Å². The molecule has 4 fully saturated rings. The van der Waals surface area contributed by atoms with E-state index in [1.54, 1.807) is 37.2 Å². The van der Waals surface area contributed by atoms with Crippen molar-refractivity contribution in [3.63, 3.8) is 0 Å². The minimum absolute atomic E-state index is 0. The number of carbonyl (C=O) groups excluding carboxylic acids is 2. The van der Waals surface area contributed by atoms with Gasteiger partial charge < -0.3 is 20.0 Å². The van der Waals surface area contributed by atoms with Crippen LogP contribution in [0.2, 0.25) is 15.2 Å². The topological polar surface area (TPSA) is 209 Å². The zero-order valence-corrected chi connectivity index (χ0v) is 43.0. The van der Waals surface area contributed by atoms with Crippen molar-refractivity contribution in [2.75, 3.05) is 66.1 Å². The lowest BCUT2D eigenvalue weighted by Gasteiger charge is -2.35. The van der Waals surface area contributed by atoms with Crippen LogP contribution < -0.4 is 19.7 Å². The van der Waals surface area contributed by atoms with Gasteiger partial charge in [-0.05, 0) is 132 Å². The Labute approximate surface area is 430 Å². The maximum absolute atomic E-state index is 13.6. The summed E-state index contributed by atoms with van der Waals surface area (Å²) in [5, 5.41) is 13.2. The normalized spacial score (nSPS) is 17.9. The molecule has 2 aromatic carbocycles. The molecule has 4 aromatic heterocycles. The van der Waals surface area contributed by atoms with Gasteiger partial charge in [0.2, 0.25) is 20.0 Å². The van der Waals surface area contributed by atoms with Gasteiger partial charge in [0.05, 0.1) is 70.9 Å². The number of hydrogen-bond acceptors (Lipinski definition) is 12. The third-order valence-corrected chi connectivity index (χ3v) is 14.1. The second kappa shape index (κ2) is 23.1. The molecule has 2 atom stereocenters. The average molecular weight is 1080 g/mol. The summed E-state index contributed by atoms with van der Waals surface area (Å²) in [6.45, 7) is 7.45. The standard InChI is InChI=1S/C22H25ClN6O3S.C20H21Cl2N5O3S.C3H7N.CH4.ClH/c1-33(31,32)26-17-7-6-15(23)13-16(17)22(30)28-12-3-2-5-19(28)18-14-29-20(24-18)8-9-21(25-29)27-10-4-11-27;1-12-9-18-23-16(11-27(18)24-19(12)22)17-5-3-4-8-26(17)20(28)14-10-13(21)6-7-15(14)25-31(2,29)30;1-2-4-3-1;;/h6-9,13-14,19,26H,2-5,10-12H2,1H3;6-7,9-11,17,25H,3-5,8H2,1-2H3;4H,1-3H2;1H4;1H/t19-;17-;;;/m00.../s1. The molecule has 4 aliphatic rings. The highest BCUT2D eigenvalue weighted by Gasteiger charge is 2.34. The average Bonchev–Trinajstić information content (AvgIpc) is 3.86. The van der Waals surface area contributed by atoms with E-state index in [9.17, 15) is 26.4 Å². The summed E-state index contributed by atoms with van der Waals surface area (Å²) in [5.41, 5.74) is 4.52. The Bertz CT molecular complexity index is 3030. The number of anilines is 3. The first-order chi connectivity index (χ1) is 32.4. The van der Waals surface area contributed by atoms with Gasteiger partial charge in [-0.1, -0.05) is 42.2 Å². The summed E-state index contributed by atoms with van der Waals surface area (Å²) >= 11 is 18.4. The number of likely N-dealkylation sites (tertiary alicyclic amines) is 2. The van der Waals surface area contributed by atoms with Crippen molar-refractivity contribution < 1.29 is 26.4 Å². The molecule has 70 heavy (non-hydrogen) atoms. The van der Waals surface area contributed by atoms with E-state index in [1.165, 1.54) is 50.2 Å². The fraction of sp³-hybridized carbons (Fsp3) is 0.435. The van der Waals surface area contributed by atoms with Crippen LogP contribution in [0.25, 0.3) is 11.3 Å². The van der Waals surface area contributed by atoms with E-state index in [-0.39, 0.29) is 66.2 Å². The second-order valence-corrected chi connectivity index (χ2v) is 22.1. The van der Waals surface area contributed by atoms with E-state index in [4.69, 9.17) is 39.8 Å². The summed E-state index contributed by atoms with van der Waals surface area (Å²) in [6.07, 6.45) is 13.4. The summed E-state index contributed by atoms with van der Waals surface area (Å²) in [4.78, 5) is 42.3. The van der Waals surface area contributed by atoms with Crippen LogP contribution in [0, 0.1) is 6.92 Å². The molecule has 0 spiro atoms. The monoisotopic (exact) mass is 1080 g/mol. The first-order valence-corrected chi connectivity index (χ1v) is 27.3. The van der Waals surface area contributed by atoms with Crippen LogP contribution in [0.15, 0.2) is 67.0 Å². The predicted octanol–water partition coefficient (Wildman–Crippen LogP) is 8.45. The molecule has 0 radical (unpaired) electrons. The molecule has 6 aromatic rings. The van der Waals surface area contributed by atoms with E-state index in [0.29, 0.717) is 39.6 Å². The maximum atomic E-state index is 13.6. The molecule has 378 valence electrons. The zero-order valence-electron chi connectivity index (χ0n) is 38.2. The highest BCUT2D eigenvalue weighted by atomic mass is 35.5. The molecule has 0 unspecified atom stereocenters. The van der Waals surface area contributed by atoms with Gasteiger partial charge in [0.15, 0.2) is 16.4 Å². The smallest absolute Gasteiger partial charge is 0.256 e. The summed E-state index contributed by atoms with van der Waals surface area (Å²) in [7, 11) is -7.13. The van der Waals surface area contributed by atoms with Gasteiger partial charge >= 0.3 is 0 Å². The van der Waals surface area contributed by atoms with Crippen molar-refractivity contribution in [3.8, 4) is 0 Å². The number of carbonyl (C=O) groups is 2. The number of nitrogens with zero attached hydrogens (tertiary/aromatic N) is 9. The molecule has 4 aliphatic heterocycles. The number of halogens is 4. The fourth-order valence-corrected chi connectivity index (χ4v) is 9.98. The van der Waals surface area contributed by atoms with Crippen molar-refractivity contribution >= 4 is 108 Å². The number of aromatic nitrogens is 6. The van der Waals surface area contributed by atoms with Crippen LogP contribution in [-0.4, -0.2) is 119 Å². The minimum Gasteiger partial charge on any atom is -0.355 e. The van der Waals surface area contributed by atoms with Crippen molar-refractivity contribution in [1.29, 1.82) is 0 Å². The molecule has 0 aliphatic carbocycles. The number of aryl methyl sites for hydroxylation is 1. The van der Waals surface area contributed by atoms with Gasteiger partial charge in [-0.3, -0.25) is 19.0 Å². The zero-order chi connectivity index (χ0) is 48.3. The quantitative estimate of drug-likeness (QED) is 0.125. The number of hydrogen-bond donors (Lipinski definition) is 3. The first-order valence-electron chi connectivity index (χ1n) is 22.4. The van der Waals surface area contributed by atoms with E-state index in [0.717, 1.165) is 86.8 Å². The molecule has 2 amide bonds. The first kappa shape index (κ1) is 54.4. The van der Waals surface area contributed by atoms with Gasteiger partial charge in [0.1, 0.15) is 5.82 Å². The van der Waals surface area contributed by atoms with Crippen molar-refractivity contribution in [1.82, 2.24) is 44.3 Å². The highest BCUT2D eigenvalue weighted by molar-refractivity contribution is 7.92. The number of fused-ring (bicyclic) bond motifs is 2. The van der Waals surface area contributed by atoms with E-state index in [2.05, 4.69) is 34.8 Å². The van der Waals surface area contributed by atoms with Gasteiger partial charge in [0, 0.05) is 36.2 Å². The second-order valence-electron chi connectivity index (χ2n) is 17.3. The Kier molecular flexibility index (Phi) is 17.9. The Hall–Kier alpha value is -4.96. The van der Waals surface area contributed by atoms with Crippen LogP contribution in [0.3, 0.4) is 0 Å². The lowest BCUT2D eigenvalue weighted by atomic mass is 9.98. The van der Waals surface area contributed by atoms with Crippen LogP contribution in [0.4, 0.5) is 17.2 Å². The molecule has 8 heterocycles. The summed E-state index contributed by atoms with van der Waals surface area (Å²) < 4.78 is 55.4. The van der Waals surface area contributed by atoms with Crippen LogP contribution in [-0.2, 0) is 20.0 Å². The lowest BCUT2D eigenvalue weighted by Crippen LogP contribution is -2.39. The molecular weight excluding hydrogens is 1020 g/mol. The van der Waals surface area contributed by atoms with Gasteiger partial charge in [-0.2, -0.15) is 5.10 Å². The molecule has 0 saturated carbocycles. The summed E-state index contributed by atoms with van der Waals surface area (Å²) in [5.74, 6) is 0.335. The number of imidazole rings is 2. The van der Waals surface area contributed by atoms with Crippen LogP contribution >= 0.6 is 47.2 Å². The molecular formula is C46H58Cl4N12O6S2. The van der Waals surface area contributed by atoms with Gasteiger partial charge in [0.25, 0.3) is 11.8 Å². The van der Waals surface area contributed by atoms with E-state index < -0.39 is 20.0 Å². The largest absolute Gasteiger partial charge is 0.355 e. The minimum atomic E-state index is -3.57. The number of nitrogens with one attached hydrogen (secondary N) is 3. The van der Waals surface area contributed by atoms with E-state index in [1.807, 2.05) is 31.3 Å². The van der Waals surface area contributed by atoms with Crippen molar-refractivity contribution in [2.45, 2.75) is 77.8 Å². The molecule has 10 rings (SSSR count). The van der Waals surface area contributed by atoms with Crippen LogP contribution in [0.5, 0.6) is 0 Å². The lowest BCUT2D eigenvalue weighted by molar-refractivity contribution is 0.0601. The molecule has 0 bridgehead atoms. The Morgan fingerprint density at radius 2 is 1.11 bits per heavy atom. The number of sulfonamides is 2. The Balaban J connectivity index is 0.000000207. The SMILES string of the molecule is C.C1CNC1.CS(=O)(=O)Nc1ccc(Cl)cc1C(=O)N1CCCC[C@H]1c1cn2nc(N3CCC3)ccc2n1.Cc1cc2nc([C@@H]3CCCCN3C(=O)c3cc(Cl)ccc3NS(C)(=O)=O)cn2nc1Cl.Cl. The Morgan fingerprint density at radius 3 is 1.56 bits per heavy atom. The third-order valence-electron chi connectivity index (χ3n) is 12.0. The predicted molar refractivity (Wildman–Crippen MR) is 279 cm³/mol. The number of piperidine rings is 2.